The molecule has 1 aliphatic heterocycles. The lowest BCUT2D eigenvalue weighted by Crippen LogP contribution is -2.48. The molecule has 0 spiro atoms. The molecule has 0 unspecified atom stereocenters. The van der Waals surface area contributed by atoms with Crippen LogP contribution in [-0.2, 0) is 10.0 Å². The van der Waals surface area contributed by atoms with Gasteiger partial charge in [-0.1, -0.05) is 29.8 Å². The Kier molecular flexibility index (Phi) is 6.10. The number of sulfonamides is 1. The van der Waals surface area contributed by atoms with Crippen molar-refractivity contribution in [3.63, 3.8) is 0 Å². The molecule has 2 heterocycles. The molecule has 6 nitrogen and oxygen atoms in total. The van der Waals surface area contributed by atoms with Gasteiger partial charge in [0, 0.05) is 42.6 Å². The average Bonchev–Trinajstić information content (AvgIpc) is 3.26. The van der Waals surface area contributed by atoms with Crippen molar-refractivity contribution < 1.29 is 13.2 Å². The monoisotopic (exact) mass is 461 g/mol. The molecule has 1 aliphatic rings. The van der Waals surface area contributed by atoms with Gasteiger partial charge in [-0.05, 0) is 47.8 Å². The van der Waals surface area contributed by atoms with Gasteiger partial charge in [0.25, 0.3) is 5.91 Å². The van der Waals surface area contributed by atoms with Gasteiger partial charge in [0.2, 0.25) is 10.0 Å². The first-order chi connectivity index (χ1) is 14.4. The average molecular weight is 462 g/mol. The Labute approximate surface area is 184 Å². The van der Waals surface area contributed by atoms with Crippen molar-refractivity contribution in [1.82, 2.24) is 4.31 Å². The van der Waals surface area contributed by atoms with E-state index in [2.05, 4.69) is 10.2 Å². The minimum atomic E-state index is -3.76. The summed E-state index contributed by atoms with van der Waals surface area (Å²) in [6, 6.07) is 18.0. The summed E-state index contributed by atoms with van der Waals surface area (Å²) in [6.07, 6.45) is 0. The number of hydrogen-bond donors (Lipinski definition) is 1. The standard InChI is InChI=1S/C21H20ClN3O3S2/c22-16-6-8-18(9-7-16)24-11-13-25(14-12-24)30(27,28)19-10-15-29-20(19)21(26)23-17-4-2-1-3-5-17/h1-10,15H,11-14H2,(H,23,26). The van der Waals surface area contributed by atoms with E-state index in [0.717, 1.165) is 17.0 Å². The molecule has 0 atom stereocenters. The molecule has 1 N–H and O–H groups in total. The summed E-state index contributed by atoms with van der Waals surface area (Å²) in [5.74, 6) is -0.422. The molecule has 0 aliphatic carbocycles. The van der Waals surface area contributed by atoms with E-state index in [1.807, 2.05) is 42.5 Å². The number of para-hydroxylation sites is 1. The predicted molar refractivity (Wildman–Crippen MR) is 121 cm³/mol. The second-order valence-corrected chi connectivity index (χ2v) is 10.1. The Morgan fingerprint density at radius 1 is 0.933 bits per heavy atom. The van der Waals surface area contributed by atoms with Crippen LogP contribution in [0.2, 0.25) is 5.02 Å². The summed E-state index contributed by atoms with van der Waals surface area (Å²) >= 11 is 7.07. The number of thiophene rings is 1. The summed E-state index contributed by atoms with van der Waals surface area (Å²) in [6.45, 7) is 1.83. The van der Waals surface area contributed by atoms with E-state index in [1.54, 1.807) is 17.5 Å². The van der Waals surface area contributed by atoms with Crippen LogP contribution in [0.15, 0.2) is 70.9 Å². The number of carbonyl (C=O) groups is 1. The number of hydrogen-bond acceptors (Lipinski definition) is 5. The van der Waals surface area contributed by atoms with E-state index >= 15 is 0 Å². The van der Waals surface area contributed by atoms with Crippen LogP contribution in [0, 0.1) is 0 Å². The molecular weight excluding hydrogens is 442 g/mol. The molecule has 4 rings (SSSR count). The lowest BCUT2D eigenvalue weighted by atomic mass is 10.2. The number of anilines is 2. The number of nitrogens with one attached hydrogen (secondary N) is 1. The highest BCUT2D eigenvalue weighted by Gasteiger charge is 2.32. The molecule has 0 radical (unpaired) electrons. The number of amides is 1. The van der Waals surface area contributed by atoms with Gasteiger partial charge in [0.05, 0.1) is 0 Å². The number of halogens is 1. The fourth-order valence-electron chi connectivity index (χ4n) is 3.35. The molecule has 1 aromatic heterocycles. The number of rotatable bonds is 5. The third kappa shape index (κ3) is 4.37. The minimum absolute atomic E-state index is 0.0564. The van der Waals surface area contributed by atoms with Crippen molar-refractivity contribution in [1.29, 1.82) is 0 Å². The van der Waals surface area contributed by atoms with E-state index in [1.165, 1.54) is 10.4 Å². The fraction of sp³-hybridized carbons (Fsp3) is 0.190. The van der Waals surface area contributed by atoms with E-state index in [0.29, 0.717) is 36.9 Å². The highest BCUT2D eigenvalue weighted by atomic mass is 35.5. The first kappa shape index (κ1) is 20.9. The Morgan fingerprint density at radius 3 is 2.27 bits per heavy atom. The second kappa shape index (κ2) is 8.77. The van der Waals surface area contributed by atoms with Gasteiger partial charge in [-0.15, -0.1) is 11.3 Å². The predicted octanol–water partition coefficient (Wildman–Crippen LogP) is 4.16. The van der Waals surface area contributed by atoms with E-state index in [4.69, 9.17) is 11.6 Å². The first-order valence-corrected chi connectivity index (χ1v) is 12.1. The number of carbonyl (C=O) groups excluding carboxylic acids is 1. The zero-order chi connectivity index (χ0) is 21.1. The molecule has 0 saturated carbocycles. The van der Waals surface area contributed by atoms with Gasteiger partial charge in [-0.3, -0.25) is 4.79 Å². The Bertz CT molecular complexity index is 1120. The van der Waals surface area contributed by atoms with Crippen LogP contribution in [0.3, 0.4) is 0 Å². The maximum absolute atomic E-state index is 13.2. The molecular formula is C21H20ClN3O3S2. The quantitative estimate of drug-likeness (QED) is 0.619. The van der Waals surface area contributed by atoms with Gasteiger partial charge in [0.1, 0.15) is 9.77 Å². The number of benzene rings is 2. The van der Waals surface area contributed by atoms with Gasteiger partial charge in [0.15, 0.2) is 0 Å². The lowest BCUT2D eigenvalue weighted by molar-refractivity contribution is 0.102. The van der Waals surface area contributed by atoms with Crippen LogP contribution in [0.5, 0.6) is 0 Å². The Morgan fingerprint density at radius 2 is 1.60 bits per heavy atom. The van der Waals surface area contributed by atoms with Crippen molar-refractivity contribution >= 4 is 50.2 Å². The van der Waals surface area contributed by atoms with Crippen molar-refractivity contribution in [3.05, 3.63) is 75.9 Å². The molecule has 2 aromatic carbocycles. The largest absolute Gasteiger partial charge is 0.369 e. The highest BCUT2D eigenvalue weighted by Crippen LogP contribution is 2.28. The molecule has 9 heteroatoms. The van der Waals surface area contributed by atoms with Crippen LogP contribution in [0.4, 0.5) is 11.4 Å². The summed E-state index contributed by atoms with van der Waals surface area (Å²) in [4.78, 5) is 15.1. The maximum Gasteiger partial charge on any atom is 0.267 e. The zero-order valence-electron chi connectivity index (χ0n) is 16.0. The normalized spacial score (nSPS) is 15.2. The highest BCUT2D eigenvalue weighted by molar-refractivity contribution is 7.89. The molecule has 1 amide bonds. The first-order valence-electron chi connectivity index (χ1n) is 9.40. The third-order valence-corrected chi connectivity index (χ3v) is 8.15. The van der Waals surface area contributed by atoms with E-state index in [9.17, 15) is 13.2 Å². The molecule has 3 aromatic rings. The molecule has 0 bridgehead atoms. The van der Waals surface area contributed by atoms with Gasteiger partial charge in [-0.25, -0.2) is 8.42 Å². The van der Waals surface area contributed by atoms with Crippen molar-refractivity contribution in [2.75, 3.05) is 36.4 Å². The molecule has 30 heavy (non-hydrogen) atoms. The van der Waals surface area contributed by atoms with E-state index in [-0.39, 0.29) is 9.77 Å². The van der Waals surface area contributed by atoms with Crippen LogP contribution in [0.1, 0.15) is 9.67 Å². The SMILES string of the molecule is O=C(Nc1ccccc1)c1sccc1S(=O)(=O)N1CCN(c2ccc(Cl)cc2)CC1. The lowest BCUT2D eigenvalue weighted by Gasteiger charge is -2.35. The van der Waals surface area contributed by atoms with Crippen molar-refractivity contribution in [3.8, 4) is 0 Å². The van der Waals surface area contributed by atoms with Crippen LogP contribution < -0.4 is 10.2 Å². The fourth-order valence-corrected chi connectivity index (χ4v) is 6.20. The summed E-state index contributed by atoms with van der Waals surface area (Å²) in [5, 5.41) is 5.06. The van der Waals surface area contributed by atoms with Crippen LogP contribution in [0.25, 0.3) is 0 Å². The zero-order valence-corrected chi connectivity index (χ0v) is 18.4. The molecule has 1 saturated heterocycles. The maximum atomic E-state index is 13.2. The Hall–Kier alpha value is -2.39. The van der Waals surface area contributed by atoms with Crippen molar-refractivity contribution in [2.45, 2.75) is 4.90 Å². The molecule has 1 fully saturated rings. The van der Waals surface area contributed by atoms with Gasteiger partial charge in [-0.2, -0.15) is 4.31 Å². The van der Waals surface area contributed by atoms with Crippen LogP contribution >= 0.6 is 22.9 Å². The third-order valence-electron chi connectivity index (χ3n) is 4.92. The van der Waals surface area contributed by atoms with Gasteiger partial charge >= 0.3 is 0 Å². The topological polar surface area (TPSA) is 69.7 Å². The molecule has 156 valence electrons. The Balaban J connectivity index is 1.48. The summed E-state index contributed by atoms with van der Waals surface area (Å²) < 4.78 is 27.9. The van der Waals surface area contributed by atoms with Gasteiger partial charge < -0.3 is 10.2 Å². The van der Waals surface area contributed by atoms with Crippen LogP contribution in [-0.4, -0.2) is 44.8 Å². The minimum Gasteiger partial charge on any atom is -0.369 e. The smallest absolute Gasteiger partial charge is 0.267 e. The second-order valence-electron chi connectivity index (χ2n) is 6.80. The number of piperazine rings is 1. The summed E-state index contributed by atoms with van der Waals surface area (Å²) in [5.41, 5.74) is 1.63. The number of nitrogens with zero attached hydrogens (tertiary/aromatic N) is 2. The van der Waals surface area contributed by atoms with Crippen molar-refractivity contribution in [2.24, 2.45) is 0 Å². The van der Waals surface area contributed by atoms with E-state index < -0.39 is 15.9 Å². The summed E-state index contributed by atoms with van der Waals surface area (Å²) in [7, 11) is -3.76.